The Bertz CT molecular complexity index is 599. The van der Waals surface area contributed by atoms with Gasteiger partial charge in [0.1, 0.15) is 16.7 Å². The molecule has 0 spiro atoms. The Morgan fingerprint density at radius 3 is 2.53 bits per heavy atom. The van der Waals surface area contributed by atoms with Crippen molar-refractivity contribution in [2.75, 3.05) is 7.11 Å². The zero-order valence-corrected chi connectivity index (χ0v) is 13.0. The van der Waals surface area contributed by atoms with Gasteiger partial charge < -0.3 is 9.84 Å². The highest BCUT2D eigenvalue weighted by molar-refractivity contribution is 9.10. The first kappa shape index (κ1) is 15.9. The Kier molecular flexibility index (Phi) is 4.94. The van der Waals surface area contributed by atoms with Gasteiger partial charge in [-0.25, -0.2) is 8.42 Å². The van der Waals surface area contributed by atoms with E-state index in [2.05, 4.69) is 20.7 Å². The van der Waals surface area contributed by atoms with E-state index >= 15 is 0 Å². The van der Waals surface area contributed by atoms with Crippen LogP contribution in [0.3, 0.4) is 0 Å². The minimum atomic E-state index is -3.97. The second kappa shape index (κ2) is 5.89. The maximum Gasteiger partial charge on any atom is 0.321 e. The number of sulfonamides is 1. The van der Waals surface area contributed by atoms with Crippen LogP contribution in [0, 0.1) is 6.92 Å². The van der Waals surface area contributed by atoms with Crippen molar-refractivity contribution in [3.05, 3.63) is 22.2 Å². The lowest BCUT2D eigenvalue weighted by Gasteiger charge is -2.14. The molecule has 0 aliphatic heterocycles. The van der Waals surface area contributed by atoms with Gasteiger partial charge in [-0.1, -0.05) is 15.9 Å². The van der Waals surface area contributed by atoms with Gasteiger partial charge in [-0.2, -0.15) is 4.72 Å². The number of carboxylic acid groups (broad SMARTS) is 1. The van der Waals surface area contributed by atoms with Crippen LogP contribution in [0.4, 0.5) is 0 Å². The van der Waals surface area contributed by atoms with Crippen LogP contribution in [0.25, 0.3) is 0 Å². The highest BCUT2D eigenvalue weighted by atomic mass is 79.9. The van der Waals surface area contributed by atoms with Gasteiger partial charge in [0.15, 0.2) is 0 Å². The minimum absolute atomic E-state index is 0.111. The van der Waals surface area contributed by atoms with Crippen LogP contribution in [-0.4, -0.2) is 32.6 Å². The molecule has 1 aromatic carbocycles. The van der Waals surface area contributed by atoms with E-state index in [0.29, 0.717) is 4.47 Å². The average Bonchev–Trinajstić information content (AvgIpc) is 2.31. The van der Waals surface area contributed by atoms with E-state index in [9.17, 15) is 13.2 Å². The quantitative estimate of drug-likeness (QED) is 0.838. The zero-order chi connectivity index (χ0) is 14.8. The van der Waals surface area contributed by atoms with Crippen molar-refractivity contribution >= 4 is 31.9 Å². The van der Waals surface area contributed by atoms with E-state index in [0.717, 1.165) is 5.56 Å². The number of ether oxygens (including phenoxy) is 1. The number of hydrogen-bond donors (Lipinski definition) is 2. The number of aliphatic carboxylic acids is 1. The minimum Gasteiger partial charge on any atom is -0.495 e. The first-order valence-corrected chi connectivity index (χ1v) is 7.56. The van der Waals surface area contributed by atoms with Gasteiger partial charge >= 0.3 is 5.97 Å². The first-order valence-electron chi connectivity index (χ1n) is 5.28. The van der Waals surface area contributed by atoms with E-state index < -0.39 is 22.0 Å². The first-order chi connectivity index (χ1) is 8.69. The molecule has 1 aromatic rings. The number of hydrogen-bond acceptors (Lipinski definition) is 4. The lowest BCUT2D eigenvalue weighted by Crippen LogP contribution is -2.38. The average molecular weight is 352 g/mol. The number of carboxylic acids is 1. The maximum atomic E-state index is 12.1. The summed E-state index contributed by atoms with van der Waals surface area (Å²) in [5.41, 5.74) is 0.807. The Morgan fingerprint density at radius 1 is 1.47 bits per heavy atom. The molecule has 0 saturated heterocycles. The number of nitrogens with one attached hydrogen (secondary N) is 1. The fourth-order valence-corrected chi connectivity index (χ4v) is 3.22. The van der Waals surface area contributed by atoms with Gasteiger partial charge in [0.05, 0.1) is 7.11 Å². The molecule has 1 atom stereocenters. The van der Waals surface area contributed by atoms with Crippen molar-refractivity contribution in [1.29, 1.82) is 0 Å². The topological polar surface area (TPSA) is 92.7 Å². The molecular formula is C11H14BrNO5S. The maximum absolute atomic E-state index is 12.1. The van der Waals surface area contributed by atoms with Crippen molar-refractivity contribution in [1.82, 2.24) is 4.72 Å². The fraction of sp³-hybridized carbons (Fsp3) is 0.364. The highest BCUT2D eigenvalue weighted by Crippen LogP contribution is 2.30. The molecule has 6 nitrogen and oxygen atoms in total. The Morgan fingerprint density at radius 2 is 2.05 bits per heavy atom. The molecule has 0 aromatic heterocycles. The molecule has 0 saturated carbocycles. The number of methoxy groups -OCH3 is 1. The number of rotatable bonds is 5. The van der Waals surface area contributed by atoms with Gasteiger partial charge in [-0.3, -0.25) is 4.79 Å². The summed E-state index contributed by atoms with van der Waals surface area (Å²) in [5.74, 6) is -1.10. The third-order valence-corrected chi connectivity index (χ3v) is 4.85. The normalized spacial score (nSPS) is 13.1. The molecule has 8 heteroatoms. The number of halogens is 1. The van der Waals surface area contributed by atoms with Gasteiger partial charge in [-0.15, -0.1) is 0 Å². The summed E-state index contributed by atoms with van der Waals surface area (Å²) < 4.78 is 31.9. The molecule has 0 unspecified atom stereocenters. The lowest BCUT2D eigenvalue weighted by molar-refractivity contribution is -0.138. The van der Waals surface area contributed by atoms with Crippen molar-refractivity contribution in [2.24, 2.45) is 0 Å². The van der Waals surface area contributed by atoms with E-state index in [4.69, 9.17) is 9.84 Å². The summed E-state index contributed by atoms with van der Waals surface area (Å²) >= 11 is 3.23. The third-order valence-electron chi connectivity index (χ3n) is 2.44. The van der Waals surface area contributed by atoms with Crippen LogP contribution in [0.1, 0.15) is 12.5 Å². The van der Waals surface area contributed by atoms with E-state index in [1.807, 2.05) is 0 Å². The smallest absolute Gasteiger partial charge is 0.321 e. The summed E-state index contributed by atoms with van der Waals surface area (Å²) in [6.45, 7) is 3.03. The molecule has 19 heavy (non-hydrogen) atoms. The Labute approximate surface area is 120 Å². The van der Waals surface area contributed by atoms with E-state index in [1.165, 1.54) is 20.1 Å². The van der Waals surface area contributed by atoms with Crippen molar-refractivity contribution in [2.45, 2.75) is 24.8 Å². The molecule has 0 heterocycles. The van der Waals surface area contributed by atoms with Crippen molar-refractivity contribution in [3.63, 3.8) is 0 Å². The molecule has 1 rings (SSSR count). The SMILES string of the molecule is COc1cc(C)c(Br)cc1S(=O)(=O)N[C@@H](C)C(=O)O. The second-order valence-electron chi connectivity index (χ2n) is 3.93. The standard InChI is InChI=1S/C11H14BrNO5S/c1-6-4-9(18-3)10(5-8(6)12)19(16,17)13-7(2)11(14)15/h4-5,7,13H,1-3H3,(H,14,15)/t7-/m0/s1. The van der Waals surface area contributed by atoms with E-state index in [1.54, 1.807) is 13.0 Å². The number of benzene rings is 1. The van der Waals surface area contributed by atoms with Crippen LogP contribution in [0.2, 0.25) is 0 Å². The van der Waals surface area contributed by atoms with Crippen LogP contribution in [-0.2, 0) is 14.8 Å². The summed E-state index contributed by atoms with van der Waals surface area (Å²) in [4.78, 5) is 10.6. The Hall–Kier alpha value is -1.12. The molecule has 0 bridgehead atoms. The van der Waals surface area contributed by atoms with Crippen molar-refractivity contribution in [3.8, 4) is 5.75 Å². The number of carbonyl (C=O) groups is 1. The molecule has 0 amide bonds. The summed E-state index contributed by atoms with van der Waals surface area (Å²) in [6, 6.07) is 1.71. The fourth-order valence-electron chi connectivity index (χ4n) is 1.35. The monoisotopic (exact) mass is 351 g/mol. The van der Waals surface area contributed by atoms with Crippen LogP contribution < -0.4 is 9.46 Å². The zero-order valence-electron chi connectivity index (χ0n) is 10.6. The van der Waals surface area contributed by atoms with Crippen molar-refractivity contribution < 1.29 is 23.1 Å². The molecule has 0 aliphatic rings. The van der Waals surface area contributed by atoms with Gasteiger partial charge in [-0.05, 0) is 31.5 Å². The molecule has 0 aliphatic carbocycles. The third kappa shape index (κ3) is 3.68. The van der Waals surface area contributed by atoms with Gasteiger partial charge in [0, 0.05) is 4.47 Å². The van der Waals surface area contributed by atoms with E-state index in [-0.39, 0.29) is 10.6 Å². The summed E-state index contributed by atoms with van der Waals surface area (Å²) in [7, 11) is -2.62. The molecule has 0 fully saturated rings. The summed E-state index contributed by atoms with van der Waals surface area (Å²) in [5, 5.41) is 8.75. The molecule has 106 valence electrons. The Balaban J connectivity index is 3.28. The van der Waals surface area contributed by atoms with Gasteiger partial charge in [0.25, 0.3) is 0 Å². The largest absolute Gasteiger partial charge is 0.495 e. The summed E-state index contributed by atoms with van der Waals surface area (Å²) in [6.07, 6.45) is 0. The lowest BCUT2D eigenvalue weighted by atomic mass is 10.2. The number of aryl methyl sites for hydroxylation is 1. The predicted molar refractivity (Wildman–Crippen MR) is 72.9 cm³/mol. The van der Waals surface area contributed by atoms with Crippen LogP contribution in [0.15, 0.2) is 21.5 Å². The van der Waals surface area contributed by atoms with Crippen LogP contribution in [0.5, 0.6) is 5.75 Å². The van der Waals surface area contributed by atoms with Gasteiger partial charge in [0.2, 0.25) is 10.0 Å². The predicted octanol–water partition coefficient (Wildman–Crippen LogP) is 1.52. The molecular weight excluding hydrogens is 338 g/mol. The molecule has 2 N–H and O–H groups in total. The molecule has 0 radical (unpaired) electrons. The highest BCUT2D eigenvalue weighted by Gasteiger charge is 2.25. The second-order valence-corrected chi connectivity index (χ2v) is 6.47. The van der Waals surface area contributed by atoms with Crippen LogP contribution >= 0.6 is 15.9 Å².